The number of hydrogen-bond acceptors (Lipinski definition) is 6. The Balaban J connectivity index is 1.29. The zero-order valence-electron chi connectivity index (χ0n) is 27.7. The van der Waals surface area contributed by atoms with Gasteiger partial charge in [-0.15, -0.1) is 11.6 Å². The number of carbonyl (C=O) groups excluding carboxylic acids is 1. The number of phosphoric ester groups is 1. The van der Waals surface area contributed by atoms with Crippen molar-refractivity contribution in [1.82, 2.24) is 4.90 Å². The Labute approximate surface area is 298 Å². The van der Waals surface area contributed by atoms with Gasteiger partial charge < -0.3 is 18.9 Å². The van der Waals surface area contributed by atoms with Crippen LogP contribution in [0.3, 0.4) is 0 Å². The third kappa shape index (κ3) is 10.8. The molecule has 0 aliphatic rings. The Hall–Kier alpha value is -4.85. The number of alkyl halides is 1. The number of allylic oxidation sites excluding steroid dienone is 1. The average molecular weight is 712 g/mol. The lowest BCUT2D eigenvalue weighted by molar-refractivity contribution is 0.0994. The van der Waals surface area contributed by atoms with E-state index < -0.39 is 13.9 Å². The van der Waals surface area contributed by atoms with Crippen LogP contribution in [0, 0.1) is 0 Å². The van der Waals surface area contributed by atoms with E-state index in [1.54, 1.807) is 31.3 Å². The zero-order chi connectivity index (χ0) is 35.2. The summed E-state index contributed by atoms with van der Waals surface area (Å²) in [5.41, 5.74) is 6.48. The molecule has 5 aromatic carbocycles. The summed E-state index contributed by atoms with van der Waals surface area (Å²) in [4.78, 5) is 24.2. The van der Waals surface area contributed by atoms with Crippen molar-refractivity contribution in [1.29, 1.82) is 0 Å². The molecule has 0 aromatic heterocycles. The fourth-order valence-electron chi connectivity index (χ4n) is 5.17. The van der Waals surface area contributed by atoms with Gasteiger partial charge in [0.15, 0.2) is 0 Å². The number of hydrogen-bond donors (Lipinski definition) is 1. The van der Waals surface area contributed by atoms with Gasteiger partial charge in [0.1, 0.15) is 24.7 Å². The molecule has 258 valence electrons. The summed E-state index contributed by atoms with van der Waals surface area (Å²) < 4.78 is 34.6. The summed E-state index contributed by atoms with van der Waals surface area (Å²) in [5.74, 6) is 1.25. The van der Waals surface area contributed by atoms with Crippen molar-refractivity contribution >= 4 is 36.7 Å². The molecule has 8 nitrogen and oxygen atoms in total. The van der Waals surface area contributed by atoms with Crippen molar-refractivity contribution in [3.63, 3.8) is 0 Å². The summed E-state index contributed by atoms with van der Waals surface area (Å²) in [5, 5.41) is 0. The number of phosphoric acid groups is 1. The molecule has 0 aliphatic carbocycles. The molecule has 5 aromatic rings. The molecule has 1 atom stereocenters. The average Bonchev–Trinajstić information content (AvgIpc) is 3.15. The molecule has 0 radical (unpaired) electrons. The molecule has 0 heterocycles. The van der Waals surface area contributed by atoms with Gasteiger partial charge in [-0.05, 0) is 69.6 Å². The lowest BCUT2D eigenvalue weighted by Crippen LogP contribution is -2.31. The fraction of sp³-hybridized carbons (Fsp3) is 0.175. The maximum Gasteiger partial charge on any atom is 0.527 e. The molecule has 0 aliphatic heterocycles. The van der Waals surface area contributed by atoms with Gasteiger partial charge in [-0.3, -0.25) is 9.42 Å². The molecule has 1 N–H and O–H groups in total. The molecule has 5 rings (SSSR count). The Bertz CT molecular complexity index is 1870. The quantitative estimate of drug-likeness (QED) is 0.0619. The van der Waals surface area contributed by atoms with E-state index in [0.29, 0.717) is 24.6 Å². The highest BCUT2D eigenvalue weighted by atomic mass is 35.5. The number of carbonyl (C=O) groups is 1. The Morgan fingerprint density at radius 2 is 1.22 bits per heavy atom. The standard InChI is InChI=1S/C40H39ClNO7P/c1-42(40(43)47-29-31-11-5-2-6-12-31)27-28-46-36-21-17-34(18-22-36)39(38(25-26-41)33-15-9-4-10-16-33)35-19-23-37(24-20-35)49-50(44,45)48-30-32-13-7-3-8-14-32/h2-24H,25-30H2,1H3,(H,44,45)/b39-38+. The minimum atomic E-state index is -4.37. The van der Waals surface area contributed by atoms with Gasteiger partial charge in [0.2, 0.25) is 0 Å². The van der Waals surface area contributed by atoms with Crippen molar-refractivity contribution in [2.24, 2.45) is 0 Å². The minimum absolute atomic E-state index is 0.0594. The van der Waals surface area contributed by atoms with Gasteiger partial charge in [-0.2, -0.15) is 0 Å². The van der Waals surface area contributed by atoms with Crippen LogP contribution >= 0.6 is 19.4 Å². The lowest BCUT2D eigenvalue weighted by Gasteiger charge is -2.19. The van der Waals surface area contributed by atoms with E-state index in [0.717, 1.165) is 39.0 Å². The van der Waals surface area contributed by atoms with Crippen LogP contribution < -0.4 is 9.26 Å². The van der Waals surface area contributed by atoms with Crippen LogP contribution in [0.25, 0.3) is 11.1 Å². The van der Waals surface area contributed by atoms with E-state index in [2.05, 4.69) is 0 Å². The number of ether oxygens (including phenoxy) is 2. The van der Waals surface area contributed by atoms with E-state index in [1.165, 1.54) is 4.90 Å². The second kappa shape index (κ2) is 18.2. The summed E-state index contributed by atoms with van der Waals surface area (Å²) in [6, 6.07) is 43.4. The largest absolute Gasteiger partial charge is 0.527 e. The highest BCUT2D eigenvalue weighted by molar-refractivity contribution is 7.47. The van der Waals surface area contributed by atoms with Crippen LogP contribution in [0.4, 0.5) is 4.79 Å². The molecular weight excluding hydrogens is 673 g/mol. The summed E-state index contributed by atoms with van der Waals surface area (Å²) in [7, 11) is -2.70. The molecule has 1 unspecified atom stereocenters. The monoisotopic (exact) mass is 711 g/mol. The van der Waals surface area contributed by atoms with Crippen molar-refractivity contribution in [3.8, 4) is 11.5 Å². The molecule has 50 heavy (non-hydrogen) atoms. The van der Waals surface area contributed by atoms with Crippen LogP contribution in [0.1, 0.15) is 34.2 Å². The van der Waals surface area contributed by atoms with Gasteiger partial charge in [0.05, 0.1) is 13.2 Å². The van der Waals surface area contributed by atoms with E-state index in [1.807, 2.05) is 115 Å². The number of nitrogens with zero attached hydrogens (tertiary/aromatic N) is 1. The molecule has 0 bridgehead atoms. The summed E-state index contributed by atoms with van der Waals surface area (Å²) >= 11 is 6.33. The first-order valence-corrected chi connectivity index (χ1v) is 18.1. The van der Waals surface area contributed by atoms with E-state index in [9.17, 15) is 14.3 Å². The van der Waals surface area contributed by atoms with E-state index in [4.69, 9.17) is 30.1 Å². The second-order valence-corrected chi connectivity index (χ2v) is 13.1. The van der Waals surface area contributed by atoms with Crippen LogP contribution in [0.2, 0.25) is 0 Å². The maximum absolute atomic E-state index is 12.7. The first kappa shape index (κ1) is 36.4. The molecule has 0 spiro atoms. The Kier molecular flexibility index (Phi) is 13.3. The van der Waals surface area contributed by atoms with E-state index >= 15 is 0 Å². The van der Waals surface area contributed by atoms with E-state index in [-0.39, 0.29) is 25.6 Å². The fourth-order valence-corrected chi connectivity index (χ4v) is 6.12. The SMILES string of the molecule is CN(CCOc1ccc(/C(=C(/CCCl)c2ccccc2)c2ccc(OP(=O)(O)OCc3ccccc3)cc2)cc1)C(=O)OCc1ccccc1. The number of benzene rings is 5. The summed E-state index contributed by atoms with van der Waals surface area (Å²) in [6.07, 6.45) is 0.178. The van der Waals surface area contributed by atoms with Crippen molar-refractivity contribution in [2.75, 3.05) is 26.1 Å². The van der Waals surface area contributed by atoms with Crippen LogP contribution in [-0.2, 0) is 27.0 Å². The van der Waals surface area contributed by atoms with Gasteiger partial charge in [-0.1, -0.05) is 115 Å². The molecule has 0 fully saturated rings. The number of halogens is 1. The smallest absolute Gasteiger partial charge is 0.492 e. The van der Waals surface area contributed by atoms with Crippen molar-refractivity contribution in [3.05, 3.63) is 167 Å². The van der Waals surface area contributed by atoms with Gasteiger partial charge in [0.25, 0.3) is 0 Å². The Morgan fingerprint density at radius 1 is 0.700 bits per heavy atom. The van der Waals surface area contributed by atoms with Crippen LogP contribution in [0.5, 0.6) is 11.5 Å². The topological polar surface area (TPSA) is 94.5 Å². The molecule has 1 amide bonds. The van der Waals surface area contributed by atoms with Crippen molar-refractivity contribution < 1.29 is 32.8 Å². The van der Waals surface area contributed by atoms with Gasteiger partial charge in [-0.25, -0.2) is 9.36 Å². The molecule has 0 saturated carbocycles. The lowest BCUT2D eigenvalue weighted by atomic mass is 9.88. The Morgan fingerprint density at radius 3 is 1.78 bits per heavy atom. The summed E-state index contributed by atoms with van der Waals surface area (Å²) in [6.45, 7) is 0.779. The van der Waals surface area contributed by atoms with Gasteiger partial charge in [0, 0.05) is 12.9 Å². The number of amides is 1. The second-order valence-electron chi connectivity index (χ2n) is 11.3. The first-order valence-electron chi connectivity index (χ1n) is 16.1. The predicted molar refractivity (Wildman–Crippen MR) is 197 cm³/mol. The van der Waals surface area contributed by atoms with Crippen molar-refractivity contribution in [2.45, 2.75) is 19.6 Å². The maximum atomic E-state index is 12.7. The number of likely N-dealkylation sites (N-methyl/N-ethyl adjacent to an activating group) is 1. The van der Waals surface area contributed by atoms with Gasteiger partial charge >= 0.3 is 13.9 Å². The number of rotatable bonds is 16. The predicted octanol–water partition coefficient (Wildman–Crippen LogP) is 9.62. The third-order valence-corrected chi connectivity index (χ3v) is 8.81. The molecule has 10 heteroatoms. The highest BCUT2D eigenvalue weighted by Gasteiger charge is 2.23. The first-order chi connectivity index (χ1) is 24.3. The third-order valence-electron chi connectivity index (χ3n) is 7.72. The van der Waals surface area contributed by atoms with Crippen LogP contribution in [-0.4, -0.2) is 42.0 Å². The molecule has 0 saturated heterocycles. The normalized spacial score (nSPS) is 12.7. The minimum Gasteiger partial charge on any atom is -0.492 e. The molecular formula is C40H39ClNO7P. The highest BCUT2D eigenvalue weighted by Crippen LogP contribution is 2.45. The zero-order valence-corrected chi connectivity index (χ0v) is 29.3. The van der Waals surface area contributed by atoms with Crippen LogP contribution in [0.15, 0.2) is 140 Å².